The molecule has 0 saturated carbocycles. The smallest absolute Gasteiger partial charge is 0.125 e. The summed E-state index contributed by atoms with van der Waals surface area (Å²) in [6.45, 7) is 7.69. The quantitative estimate of drug-likeness (QED) is 0.861. The summed E-state index contributed by atoms with van der Waals surface area (Å²) in [4.78, 5) is 0. The number of ether oxygens (including phenoxy) is 2. The van der Waals surface area contributed by atoms with Gasteiger partial charge in [-0.15, -0.1) is 0 Å². The standard InChI is InChI=1S/C16H24BrNO2/c1-4-16(3,20-5-2)14(18)10-12-9-13(17)8-11-6-7-19-15(11)12/h8-9,14H,4-7,10,18H2,1-3H3. The molecule has 0 aromatic heterocycles. The van der Waals surface area contributed by atoms with Gasteiger partial charge in [-0.3, -0.25) is 0 Å². The molecule has 2 rings (SSSR count). The first-order valence-electron chi connectivity index (χ1n) is 7.33. The van der Waals surface area contributed by atoms with E-state index >= 15 is 0 Å². The highest BCUT2D eigenvalue weighted by Gasteiger charge is 2.32. The molecular weight excluding hydrogens is 318 g/mol. The van der Waals surface area contributed by atoms with E-state index in [0.29, 0.717) is 6.61 Å². The minimum absolute atomic E-state index is 0.0463. The second-order valence-electron chi connectivity index (χ2n) is 5.56. The SMILES string of the molecule is CCOC(C)(CC)C(N)Cc1cc(Br)cc2c1OCC2. The molecule has 3 nitrogen and oxygen atoms in total. The monoisotopic (exact) mass is 341 g/mol. The molecule has 0 radical (unpaired) electrons. The molecule has 1 aliphatic rings. The molecule has 0 amide bonds. The largest absolute Gasteiger partial charge is 0.493 e. The molecule has 1 aromatic rings. The highest BCUT2D eigenvalue weighted by atomic mass is 79.9. The molecule has 1 heterocycles. The molecule has 1 aromatic carbocycles. The van der Waals surface area contributed by atoms with Gasteiger partial charge >= 0.3 is 0 Å². The van der Waals surface area contributed by atoms with E-state index in [1.807, 2.05) is 6.92 Å². The molecule has 0 fully saturated rings. The number of hydrogen-bond donors (Lipinski definition) is 1. The molecule has 2 N–H and O–H groups in total. The number of halogens is 1. The lowest BCUT2D eigenvalue weighted by Crippen LogP contribution is -2.48. The summed E-state index contributed by atoms with van der Waals surface area (Å²) in [6, 6.07) is 4.21. The summed E-state index contributed by atoms with van der Waals surface area (Å²) in [6.07, 6.45) is 2.65. The van der Waals surface area contributed by atoms with Gasteiger partial charge in [-0.25, -0.2) is 0 Å². The minimum Gasteiger partial charge on any atom is -0.493 e. The van der Waals surface area contributed by atoms with Crippen LogP contribution in [0, 0.1) is 0 Å². The zero-order chi connectivity index (χ0) is 14.8. The molecule has 1 aliphatic heterocycles. The van der Waals surface area contributed by atoms with E-state index in [1.165, 1.54) is 11.1 Å². The first-order chi connectivity index (χ1) is 9.50. The van der Waals surface area contributed by atoms with Gasteiger partial charge < -0.3 is 15.2 Å². The normalized spacial score (nSPS) is 18.2. The average molecular weight is 342 g/mol. The maximum atomic E-state index is 6.43. The van der Waals surface area contributed by atoms with Gasteiger partial charge in [0.1, 0.15) is 5.75 Å². The fourth-order valence-electron chi connectivity index (χ4n) is 2.75. The maximum absolute atomic E-state index is 6.43. The average Bonchev–Trinajstić information content (AvgIpc) is 2.86. The summed E-state index contributed by atoms with van der Waals surface area (Å²) in [5.74, 6) is 1.03. The van der Waals surface area contributed by atoms with Crippen LogP contribution in [0.25, 0.3) is 0 Å². The molecule has 2 unspecified atom stereocenters. The molecule has 2 atom stereocenters. The predicted octanol–water partition coefficient (Wildman–Crippen LogP) is 3.46. The van der Waals surface area contributed by atoms with Crippen molar-refractivity contribution in [2.24, 2.45) is 5.73 Å². The molecule has 4 heteroatoms. The molecule has 0 spiro atoms. The van der Waals surface area contributed by atoms with Crippen molar-refractivity contribution in [3.63, 3.8) is 0 Å². The van der Waals surface area contributed by atoms with E-state index in [1.54, 1.807) is 0 Å². The van der Waals surface area contributed by atoms with E-state index in [0.717, 1.165) is 36.1 Å². The van der Waals surface area contributed by atoms with Crippen LogP contribution in [0.15, 0.2) is 16.6 Å². The van der Waals surface area contributed by atoms with Gasteiger partial charge in [0, 0.05) is 23.5 Å². The molecule has 0 bridgehead atoms. The van der Waals surface area contributed by atoms with Crippen LogP contribution in [0.3, 0.4) is 0 Å². The fourth-order valence-corrected chi connectivity index (χ4v) is 3.30. The van der Waals surface area contributed by atoms with Gasteiger partial charge in [-0.05, 0) is 49.9 Å². The summed E-state index contributed by atoms with van der Waals surface area (Å²) in [7, 11) is 0. The molecule has 20 heavy (non-hydrogen) atoms. The van der Waals surface area contributed by atoms with Gasteiger partial charge in [0.25, 0.3) is 0 Å². The predicted molar refractivity (Wildman–Crippen MR) is 85.3 cm³/mol. The molecule has 0 aliphatic carbocycles. The van der Waals surface area contributed by atoms with Crippen molar-refractivity contribution in [1.29, 1.82) is 0 Å². The van der Waals surface area contributed by atoms with Crippen molar-refractivity contribution in [1.82, 2.24) is 0 Å². The van der Waals surface area contributed by atoms with E-state index in [4.69, 9.17) is 15.2 Å². The van der Waals surface area contributed by atoms with E-state index < -0.39 is 0 Å². The second-order valence-corrected chi connectivity index (χ2v) is 6.48. The number of hydrogen-bond acceptors (Lipinski definition) is 3. The Kier molecular flexibility index (Phi) is 5.10. The Balaban J connectivity index is 2.21. The van der Waals surface area contributed by atoms with Crippen LogP contribution >= 0.6 is 15.9 Å². The van der Waals surface area contributed by atoms with E-state index in [-0.39, 0.29) is 11.6 Å². The van der Waals surface area contributed by atoms with Crippen LogP contribution in [0.4, 0.5) is 0 Å². The third-order valence-electron chi connectivity index (χ3n) is 4.23. The molecular formula is C16H24BrNO2. The molecule has 112 valence electrons. The highest BCUT2D eigenvalue weighted by molar-refractivity contribution is 9.10. The van der Waals surface area contributed by atoms with E-state index in [9.17, 15) is 0 Å². The van der Waals surface area contributed by atoms with Crippen LogP contribution in [0.1, 0.15) is 38.3 Å². The summed E-state index contributed by atoms with van der Waals surface area (Å²) in [5.41, 5.74) is 8.59. The Bertz CT molecular complexity index is 478. The number of nitrogens with two attached hydrogens (primary N) is 1. The number of rotatable bonds is 6. The Labute approximate surface area is 130 Å². The van der Waals surface area contributed by atoms with Crippen molar-refractivity contribution in [3.8, 4) is 5.75 Å². The van der Waals surface area contributed by atoms with Crippen molar-refractivity contribution in [2.45, 2.75) is 51.7 Å². The number of benzene rings is 1. The van der Waals surface area contributed by atoms with E-state index in [2.05, 4.69) is 41.9 Å². The lowest BCUT2D eigenvalue weighted by Gasteiger charge is -2.34. The minimum atomic E-state index is -0.289. The lowest BCUT2D eigenvalue weighted by molar-refractivity contribution is -0.0462. The number of fused-ring (bicyclic) bond motifs is 1. The Morgan fingerprint density at radius 1 is 1.45 bits per heavy atom. The topological polar surface area (TPSA) is 44.5 Å². The zero-order valence-electron chi connectivity index (χ0n) is 12.5. The Hall–Kier alpha value is -0.580. The first kappa shape index (κ1) is 15.8. The van der Waals surface area contributed by atoms with Crippen LogP contribution in [0.2, 0.25) is 0 Å². The third kappa shape index (κ3) is 3.18. The van der Waals surface area contributed by atoms with Crippen molar-refractivity contribution < 1.29 is 9.47 Å². The third-order valence-corrected chi connectivity index (χ3v) is 4.68. The maximum Gasteiger partial charge on any atom is 0.125 e. The Morgan fingerprint density at radius 3 is 2.85 bits per heavy atom. The summed E-state index contributed by atoms with van der Waals surface area (Å²) < 4.78 is 12.8. The van der Waals surface area contributed by atoms with Crippen LogP contribution in [-0.4, -0.2) is 24.9 Å². The zero-order valence-corrected chi connectivity index (χ0v) is 14.1. The summed E-state index contributed by atoms with van der Waals surface area (Å²) >= 11 is 3.58. The Morgan fingerprint density at radius 2 is 2.20 bits per heavy atom. The van der Waals surface area contributed by atoms with Gasteiger partial charge in [0.05, 0.1) is 12.2 Å². The van der Waals surface area contributed by atoms with Crippen LogP contribution in [-0.2, 0) is 17.6 Å². The highest BCUT2D eigenvalue weighted by Crippen LogP contribution is 2.35. The lowest BCUT2D eigenvalue weighted by atomic mass is 9.88. The fraction of sp³-hybridized carbons (Fsp3) is 0.625. The van der Waals surface area contributed by atoms with Crippen LogP contribution < -0.4 is 10.5 Å². The van der Waals surface area contributed by atoms with Crippen LogP contribution in [0.5, 0.6) is 5.75 Å². The van der Waals surface area contributed by atoms with Gasteiger partial charge in [-0.1, -0.05) is 22.9 Å². The van der Waals surface area contributed by atoms with Crippen molar-refractivity contribution in [2.75, 3.05) is 13.2 Å². The van der Waals surface area contributed by atoms with Gasteiger partial charge in [-0.2, -0.15) is 0 Å². The van der Waals surface area contributed by atoms with Gasteiger partial charge in [0.15, 0.2) is 0 Å². The second kappa shape index (κ2) is 6.46. The summed E-state index contributed by atoms with van der Waals surface area (Å²) in [5, 5.41) is 0. The van der Waals surface area contributed by atoms with Crippen molar-refractivity contribution in [3.05, 3.63) is 27.7 Å². The molecule has 0 saturated heterocycles. The first-order valence-corrected chi connectivity index (χ1v) is 8.13. The van der Waals surface area contributed by atoms with Crippen molar-refractivity contribution >= 4 is 15.9 Å². The van der Waals surface area contributed by atoms with Gasteiger partial charge in [0.2, 0.25) is 0 Å².